The Morgan fingerprint density at radius 3 is 1.17 bits per heavy atom. The molecule has 0 heterocycles. The van der Waals surface area contributed by atoms with Crippen LogP contribution in [0.25, 0.3) is 0 Å². The van der Waals surface area contributed by atoms with Gasteiger partial charge in [0.15, 0.2) is 0 Å². The molecule has 0 saturated heterocycles. The molecule has 0 aromatic rings. The van der Waals surface area contributed by atoms with Crippen LogP contribution < -0.4 is 10.6 Å². The third kappa shape index (κ3) is 9.38. The lowest BCUT2D eigenvalue weighted by atomic mass is 10.2. The molecule has 164 valence electrons. The van der Waals surface area contributed by atoms with E-state index in [9.17, 15) is 55.1 Å². The van der Waals surface area contributed by atoms with Gasteiger partial charge in [0.05, 0.1) is 12.8 Å². The van der Waals surface area contributed by atoms with Crippen molar-refractivity contribution in [2.45, 2.75) is 37.3 Å². The fraction of sp³-hybridized carbons (Fsp3) is 0.500. The van der Waals surface area contributed by atoms with E-state index in [2.05, 4.69) is 4.74 Å². The molecule has 0 radical (unpaired) electrons. The average molecular weight is 440 g/mol. The summed E-state index contributed by atoms with van der Waals surface area (Å²) in [5, 5.41) is 19.1. The summed E-state index contributed by atoms with van der Waals surface area (Å²) in [6.07, 6.45) is -14.0. The largest absolute Gasteiger partial charge is 0.480 e. The van der Waals surface area contributed by atoms with Crippen molar-refractivity contribution in [1.82, 2.24) is 10.6 Å². The number of halogens is 6. The minimum atomic E-state index is -5.50. The second-order valence-electron chi connectivity index (χ2n) is 4.98. The maximum Gasteiger partial charge on any atom is 0.471 e. The van der Waals surface area contributed by atoms with Crippen LogP contribution in [0.1, 0.15) is 12.8 Å². The number of carboxylic acid groups (broad SMARTS) is 2. The predicted octanol–water partition coefficient (Wildman–Crippen LogP) is -0.900. The van der Waals surface area contributed by atoms with Gasteiger partial charge in [0, 0.05) is 0 Å². The summed E-state index contributed by atoms with van der Waals surface area (Å²) in [6.45, 7) is 0. The summed E-state index contributed by atoms with van der Waals surface area (Å²) in [4.78, 5) is 65.6. The van der Waals surface area contributed by atoms with Crippen LogP contribution in [0.2, 0.25) is 0 Å². The van der Waals surface area contributed by atoms with Crippen LogP contribution in [0.15, 0.2) is 0 Å². The zero-order chi connectivity index (χ0) is 23.2. The van der Waals surface area contributed by atoms with Gasteiger partial charge >= 0.3 is 48.0 Å². The quantitative estimate of drug-likeness (QED) is 0.212. The Morgan fingerprint density at radius 1 is 0.690 bits per heavy atom. The number of nitrogens with one attached hydrogen (secondary N) is 2. The number of esters is 2. The second-order valence-corrected chi connectivity index (χ2v) is 4.98. The van der Waals surface area contributed by atoms with E-state index in [1.807, 2.05) is 0 Å². The molecule has 4 N–H and O–H groups in total. The monoisotopic (exact) mass is 440 g/mol. The number of amides is 2. The minimum Gasteiger partial charge on any atom is -0.480 e. The van der Waals surface area contributed by atoms with Crippen molar-refractivity contribution in [2.24, 2.45) is 0 Å². The Labute approximate surface area is 155 Å². The minimum absolute atomic E-state index is 0.911. The summed E-state index contributed by atoms with van der Waals surface area (Å²) in [7, 11) is 0. The van der Waals surface area contributed by atoms with Gasteiger partial charge < -0.3 is 25.6 Å². The van der Waals surface area contributed by atoms with Crippen LogP contribution in [0.3, 0.4) is 0 Å². The lowest BCUT2D eigenvalue weighted by Gasteiger charge is -2.16. The molecular formula is C12H10F6N2O9. The molecule has 0 aliphatic heterocycles. The average Bonchev–Trinajstić information content (AvgIpc) is 2.50. The van der Waals surface area contributed by atoms with Crippen LogP contribution in [0.4, 0.5) is 26.3 Å². The lowest BCUT2D eigenvalue weighted by Crippen LogP contribution is -2.48. The molecule has 29 heavy (non-hydrogen) atoms. The molecule has 2 atom stereocenters. The number of alkyl halides is 6. The van der Waals surface area contributed by atoms with E-state index in [0.29, 0.717) is 0 Å². The molecule has 17 heteroatoms. The molecule has 0 aliphatic carbocycles. The van der Waals surface area contributed by atoms with E-state index in [-0.39, 0.29) is 0 Å². The fourth-order valence-electron chi connectivity index (χ4n) is 1.42. The number of carbonyl (C=O) groups is 6. The standard InChI is InChI=1S/C12H10F6N2O9/c13-11(14,15)9(27)19-3(7(23)24)1-5(21)29-6(22)2-4(8(25)26)20-10(28)12(16,17)18/h3-4H,1-2H2,(H,19,27)(H,20,28)(H,23,24)(H,25,26). The Balaban J connectivity index is 4.94. The van der Waals surface area contributed by atoms with Crippen LogP contribution in [0.5, 0.6) is 0 Å². The third-order valence-corrected chi connectivity index (χ3v) is 2.69. The topological polar surface area (TPSA) is 176 Å². The summed E-state index contributed by atoms with van der Waals surface area (Å²) >= 11 is 0. The first-order valence-corrected chi connectivity index (χ1v) is 6.89. The zero-order valence-electron chi connectivity index (χ0n) is 13.6. The first kappa shape index (κ1) is 25.6. The normalized spacial score (nSPS) is 13.6. The van der Waals surface area contributed by atoms with Crippen LogP contribution >= 0.6 is 0 Å². The summed E-state index contributed by atoms with van der Waals surface area (Å²) in [5.74, 6) is -13.4. The number of ether oxygens (including phenoxy) is 1. The van der Waals surface area contributed by atoms with Crippen molar-refractivity contribution in [3.05, 3.63) is 0 Å². The molecule has 0 aromatic heterocycles. The van der Waals surface area contributed by atoms with Gasteiger partial charge in [-0.25, -0.2) is 9.59 Å². The van der Waals surface area contributed by atoms with Gasteiger partial charge in [-0.15, -0.1) is 0 Å². The van der Waals surface area contributed by atoms with E-state index >= 15 is 0 Å². The summed E-state index contributed by atoms with van der Waals surface area (Å²) < 4.78 is 76.4. The molecule has 0 saturated carbocycles. The Hall–Kier alpha value is -3.40. The smallest absolute Gasteiger partial charge is 0.471 e. The number of hydrogen-bond donors (Lipinski definition) is 4. The van der Waals surface area contributed by atoms with Crippen molar-refractivity contribution in [3.8, 4) is 0 Å². The first-order valence-electron chi connectivity index (χ1n) is 6.89. The Kier molecular flexibility index (Phi) is 8.56. The highest BCUT2D eigenvalue weighted by Crippen LogP contribution is 2.16. The Morgan fingerprint density at radius 2 is 0.966 bits per heavy atom. The highest BCUT2D eigenvalue weighted by atomic mass is 19.4. The zero-order valence-corrected chi connectivity index (χ0v) is 13.6. The molecule has 0 fully saturated rings. The van der Waals surface area contributed by atoms with Crippen molar-refractivity contribution in [2.75, 3.05) is 0 Å². The molecular weight excluding hydrogens is 430 g/mol. The number of carbonyl (C=O) groups excluding carboxylic acids is 4. The summed E-state index contributed by atoms with van der Waals surface area (Å²) in [6, 6.07) is -4.99. The number of carboxylic acids is 2. The van der Waals surface area contributed by atoms with Crippen LogP contribution in [-0.4, -0.2) is 70.3 Å². The molecule has 11 nitrogen and oxygen atoms in total. The molecule has 2 amide bonds. The highest BCUT2D eigenvalue weighted by Gasteiger charge is 2.42. The van der Waals surface area contributed by atoms with Crippen molar-refractivity contribution < 1.29 is 70.1 Å². The predicted molar refractivity (Wildman–Crippen MR) is 71.6 cm³/mol. The summed E-state index contributed by atoms with van der Waals surface area (Å²) in [5.41, 5.74) is 0. The van der Waals surface area contributed by atoms with E-state index < -0.39 is 73.0 Å². The number of rotatable bonds is 8. The van der Waals surface area contributed by atoms with Crippen molar-refractivity contribution in [3.63, 3.8) is 0 Å². The number of hydrogen-bond acceptors (Lipinski definition) is 7. The van der Waals surface area contributed by atoms with E-state index in [0.717, 1.165) is 10.6 Å². The molecule has 0 aliphatic rings. The second kappa shape index (κ2) is 9.69. The van der Waals surface area contributed by atoms with Crippen molar-refractivity contribution >= 4 is 35.7 Å². The van der Waals surface area contributed by atoms with Gasteiger partial charge in [-0.3, -0.25) is 19.2 Å². The highest BCUT2D eigenvalue weighted by molar-refractivity contribution is 5.94. The maximum absolute atomic E-state index is 12.1. The lowest BCUT2D eigenvalue weighted by molar-refractivity contribution is -0.176. The van der Waals surface area contributed by atoms with Gasteiger partial charge in [-0.05, 0) is 0 Å². The van der Waals surface area contributed by atoms with Gasteiger partial charge in [-0.2, -0.15) is 26.3 Å². The SMILES string of the molecule is O=C(CC(NC(=O)C(F)(F)F)C(=O)O)OC(=O)CC(NC(=O)C(F)(F)F)C(=O)O. The van der Waals surface area contributed by atoms with Gasteiger partial charge in [0.25, 0.3) is 0 Å². The molecule has 0 rings (SSSR count). The van der Waals surface area contributed by atoms with Crippen LogP contribution in [0, 0.1) is 0 Å². The van der Waals surface area contributed by atoms with Crippen LogP contribution in [-0.2, 0) is 33.5 Å². The van der Waals surface area contributed by atoms with E-state index in [1.54, 1.807) is 0 Å². The molecule has 0 aromatic carbocycles. The number of aliphatic carboxylic acids is 2. The Bertz CT molecular complexity index is 645. The van der Waals surface area contributed by atoms with Gasteiger partial charge in [0.2, 0.25) is 0 Å². The van der Waals surface area contributed by atoms with Gasteiger partial charge in [0.1, 0.15) is 12.1 Å². The van der Waals surface area contributed by atoms with Gasteiger partial charge in [-0.1, -0.05) is 0 Å². The molecule has 0 spiro atoms. The van der Waals surface area contributed by atoms with Crippen molar-refractivity contribution in [1.29, 1.82) is 0 Å². The molecule has 0 bridgehead atoms. The fourth-order valence-corrected chi connectivity index (χ4v) is 1.42. The first-order chi connectivity index (χ1) is 12.9. The molecule has 2 unspecified atom stereocenters. The van der Waals surface area contributed by atoms with E-state index in [1.165, 1.54) is 0 Å². The maximum atomic E-state index is 12.1. The third-order valence-electron chi connectivity index (χ3n) is 2.69. The van der Waals surface area contributed by atoms with E-state index in [4.69, 9.17) is 10.2 Å².